The number of para-hydroxylation sites is 4. The molecule has 2 amide bonds. The number of nitriles is 1. The van der Waals surface area contributed by atoms with E-state index in [2.05, 4.69) is 106 Å². The van der Waals surface area contributed by atoms with E-state index in [1.165, 1.54) is 54.0 Å². The van der Waals surface area contributed by atoms with Gasteiger partial charge in [0.1, 0.15) is 35.6 Å². The first kappa shape index (κ1) is 123. The molecule has 0 fully saturated rings. The topological polar surface area (TPSA) is 343 Å². The molecule has 39 heteroatoms. The van der Waals surface area contributed by atoms with Gasteiger partial charge in [0.2, 0.25) is 23.1 Å². The number of aryl methyl sites for hydroxylation is 1. The third-order valence-electron chi connectivity index (χ3n) is 20.2. The van der Waals surface area contributed by atoms with Crippen molar-refractivity contribution in [3.8, 4) is 29.1 Å². The normalized spacial score (nSPS) is 16.6. The first-order chi connectivity index (χ1) is 62.9. The van der Waals surface area contributed by atoms with Crippen molar-refractivity contribution in [2.45, 2.75) is 417 Å². The Bertz CT molecular complexity index is 4790. The van der Waals surface area contributed by atoms with Crippen LogP contribution in [0, 0.1) is 11.3 Å². The van der Waals surface area contributed by atoms with Gasteiger partial charge in [-0.3, -0.25) is 27.7 Å². The fourth-order valence-electron chi connectivity index (χ4n) is 14.8. The number of ether oxygens (including phenoxy) is 10. The SMILES string of the molecule is CC#N.CC(C)(C)OP(=O)(CN(Cc1cccc2c1OC(C)(C)OC2)C[C@H](CCCCNC(=O)OCC[Si](C)(C)C)N(Cc1cccc2c1OC(C)(C)OC2)CP(=O)(OC(C)(C)C)OC(C)(C)C)OC(C)(C)C.CC(C)(C)OP(=O)(COS(=O)(=O)C(F)(F)F)OC(C)(C)C.CC1(C)OCc2cccc(CCC[C@H](CCCCNC(=O)OCC[Si](C)(C)C)NCc3cccc4c3OC(C)(C)OC4)c2O1. The molecule has 2 atom stereocenters. The molecule has 4 heterocycles. The second kappa shape index (κ2) is 51.0. The Hall–Kier alpha value is -5.59. The lowest BCUT2D eigenvalue weighted by Gasteiger charge is -2.41. The largest absolute Gasteiger partial charge is 0.523 e. The van der Waals surface area contributed by atoms with E-state index in [1.54, 1.807) is 6.07 Å². The van der Waals surface area contributed by atoms with Crippen molar-refractivity contribution in [1.82, 2.24) is 25.8 Å². The molecule has 4 aromatic carbocycles. The predicted molar refractivity (Wildman–Crippen MR) is 540 cm³/mol. The summed E-state index contributed by atoms with van der Waals surface area (Å²) in [4.78, 5) is 29.2. The zero-order valence-electron chi connectivity index (χ0n) is 89.0. The Morgan fingerprint density at radius 1 is 0.471 bits per heavy atom. The highest BCUT2D eigenvalue weighted by molar-refractivity contribution is 7.87. The Morgan fingerprint density at radius 2 is 0.790 bits per heavy atom. The van der Waals surface area contributed by atoms with Crippen LogP contribution in [0.5, 0.6) is 23.0 Å². The van der Waals surface area contributed by atoms with Gasteiger partial charge in [0, 0.05) is 169 Å². The number of hydrogen-bond acceptors (Lipinski definition) is 28. The van der Waals surface area contributed by atoms with Gasteiger partial charge in [0.15, 0.2) is 6.35 Å². The summed E-state index contributed by atoms with van der Waals surface area (Å²) in [7, 11) is -20.6. The lowest BCUT2D eigenvalue weighted by molar-refractivity contribution is -0.181. The van der Waals surface area contributed by atoms with Crippen molar-refractivity contribution in [1.29, 1.82) is 5.26 Å². The zero-order chi connectivity index (χ0) is 105. The molecule has 0 aliphatic carbocycles. The van der Waals surface area contributed by atoms with E-state index in [4.69, 9.17) is 79.8 Å². The summed E-state index contributed by atoms with van der Waals surface area (Å²) < 4.78 is 202. The Balaban J connectivity index is 0.000000416. The number of nitrogens with one attached hydrogen (secondary N) is 3. The number of amides is 2. The zero-order valence-corrected chi connectivity index (χ0v) is 94.5. The highest BCUT2D eigenvalue weighted by Gasteiger charge is 2.50. The van der Waals surface area contributed by atoms with Crippen LogP contribution in [0.15, 0.2) is 72.8 Å². The van der Waals surface area contributed by atoms with Crippen molar-refractivity contribution in [3.63, 3.8) is 0 Å². The van der Waals surface area contributed by atoms with E-state index in [0.29, 0.717) is 103 Å². The highest BCUT2D eigenvalue weighted by atomic mass is 32.2. The molecule has 0 saturated heterocycles. The van der Waals surface area contributed by atoms with Crippen molar-refractivity contribution in [2.24, 2.45) is 0 Å². The maximum atomic E-state index is 15.6. The highest BCUT2D eigenvalue weighted by Crippen LogP contribution is 2.59. The summed E-state index contributed by atoms with van der Waals surface area (Å²) >= 11 is 0. The minimum absolute atomic E-state index is 0.0791. The van der Waals surface area contributed by atoms with Crippen LogP contribution >= 0.6 is 22.8 Å². The average Bonchev–Trinajstić information content (AvgIpc) is 0.777. The van der Waals surface area contributed by atoms with Crippen LogP contribution in [-0.2, 0) is 136 Å². The molecule has 138 heavy (non-hydrogen) atoms. The lowest BCUT2D eigenvalue weighted by atomic mass is 9.98. The van der Waals surface area contributed by atoms with Crippen LogP contribution in [0.25, 0.3) is 0 Å². The molecule has 4 aliphatic heterocycles. The number of carbonyl (C=O) groups is 2. The molecule has 0 unspecified atom stereocenters. The van der Waals surface area contributed by atoms with E-state index < -0.39 is 130 Å². The molecule has 0 radical (unpaired) electrons. The summed E-state index contributed by atoms with van der Waals surface area (Å²) in [6.07, 6.45) is 5.52. The molecular formula is C99H168F3N6O24P3SSi2. The van der Waals surface area contributed by atoms with Crippen molar-refractivity contribution >= 4 is 61.2 Å². The van der Waals surface area contributed by atoms with Crippen LogP contribution < -0.4 is 34.9 Å². The molecular weight excluding hydrogens is 1900 g/mol. The Kier molecular flexibility index (Phi) is 45.4. The number of fused-ring (bicyclic) bond motifs is 4. The van der Waals surface area contributed by atoms with Crippen LogP contribution in [0.4, 0.5) is 22.8 Å². The van der Waals surface area contributed by atoms with Gasteiger partial charge in [-0.25, -0.2) is 9.59 Å². The number of alkyl halides is 3. The molecule has 4 aromatic rings. The van der Waals surface area contributed by atoms with Crippen molar-refractivity contribution in [2.75, 3.05) is 51.8 Å². The number of benzene rings is 4. The van der Waals surface area contributed by atoms with Crippen molar-refractivity contribution < 1.29 is 124 Å². The molecule has 788 valence electrons. The Labute approximate surface area is 825 Å². The first-order valence-corrected chi connectivity index (χ1v) is 61.9. The summed E-state index contributed by atoms with van der Waals surface area (Å²) in [6, 6.07) is 28.2. The van der Waals surface area contributed by atoms with E-state index in [0.717, 1.165) is 108 Å². The van der Waals surface area contributed by atoms with Crippen LogP contribution in [0.1, 0.15) is 283 Å². The van der Waals surface area contributed by atoms with E-state index >= 15 is 9.13 Å². The number of nitrogens with zero attached hydrogens (tertiary/aromatic N) is 3. The van der Waals surface area contributed by atoms with Crippen LogP contribution in [0.2, 0.25) is 51.4 Å². The second-order valence-electron chi connectivity index (χ2n) is 45.6. The van der Waals surface area contributed by atoms with E-state index in [1.807, 2.05) is 175 Å². The summed E-state index contributed by atoms with van der Waals surface area (Å²) in [6.45, 7) is 67.2. The molecule has 8 rings (SSSR count). The monoisotopic (exact) mass is 2060 g/mol. The predicted octanol–water partition coefficient (Wildman–Crippen LogP) is 25.3. The molecule has 0 aromatic heterocycles. The van der Waals surface area contributed by atoms with Gasteiger partial charge in [0.05, 0.1) is 79.3 Å². The van der Waals surface area contributed by atoms with Gasteiger partial charge in [-0.2, -0.15) is 26.9 Å². The van der Waals surface area contributed by atoms with E-state index in [-0.39, 0.29) is 25.2 Å². The van der Waals surface area contributed by atoms with E-state index in [9.17, 15) is 35.7 Å². The lowest BCUT2D eigenvalue weighted by Crippen LogP contribution is -2.46. The number of rotatable bonds is 43. The third-order valence-corrected chi connectivity index (χ3v) is 31.7. The number of alkyl carbamates (subject to hydrolysis) is 2. The standard InChI is InChI=1S/C52H91N3O12P2Si.C35H54N2O6Si.C10H20F3O6PS.C2H3N/c1-47(2,3)64-68(57,65-48(4,5)6)37-54(32-39-24-22-26-41-35-60-51(13,14)62-44(39)41)34-43(28-20-21-29-53-46(56)59-30-31-70(17,18)19)55(38-69(58,66-49(7,8)9)67-50(10,11)12)33-40-25-23-27-42-36-61-52(15,16)63-45(40)42;1-34(2)40-24-28-16-10-13-26(31(28)42-34)14-12-19-30(18-8-9-20-36-33(38)39-21-22-44(5,6)7)37-23-27-15-11-17-29-25-41-35(3,4)43-32(27)29;1-8(2,3)18-20(14,19-9(4,5)6)7-17-21(15,16)10(11,12)13;1-2-3/h22-27,43H,20-21,28-38H2,1-19H3,(H,53,56);10-11,13,15-17,30,37H,8-9,12,14,18-25H2,1-7H3,(H,36,38);7H2,1-6H3;1H3/t43-;30-;;/m00../s1. The first-order valence-electron chi connectivity index (χ1n) is 47.9. The molecule has 0 bridgehead atoms. The van der Waals surface area contributed by atoms with Crippen LogP contribution in [-0.4, -0.2) is 173 Å². The Morgan fingerprint density at radius 3 is 1.15 bits per heavy atom. The number of carbonyl (C=O) groups excluding carboxylic acids is 2. The summed E-state index contributed by atoms with van der Waals surface area (Å²) in [5, 5.41) is 17.0. The third kappa shape index (κ3) is 48.0. The number of unbranched alkanes of at least 4 members (excludes halogenated alkanes) is 2. The molecule has 0 spiro atoms. The second-order valence-corrected chi connectivity index (χ2v) is 64.0. The summed E-state index contributed by atoms with van der Waals surface area (Å²) in [5.41, 5.74) is -2.83. The smallest absolute Gasteiger partial charge is 0.462 e. The van der Waals surface area contributed by atoms with Crippen molar-refractivity contribution in [3.05, 3.63) is 117 Å². The molecule has 3 N–H and O–H groups in total. The number of hydrogen-bond donors (Lipinski definition) is 3. The molecule has 4 aliphatic rings. The van der Waals surface area contributed by atoms with Gasteiger partial charge in [-0.1, -0.05) is 125 Å². The summed E-state index contributed by atoms with van der Waals surface area (Å²) in [5.74, 6) is 0.325. The van der Waals surface area contributed by atoms with Crippen LogP contribution in [0.3, 0.4) is 0 Å². The fraction of sp³-hybridized carbons (Fsp3) is 0.727. The number of halogens is 3. The maximum absolute atomic E-state index is 15.6. The minimum Gasteiger partial charge on any atom is -0.462 e. The van der Waals surface area contributed by atoms with Gasteiger partial charge < -0.3 is 90.5 Å². The van der Waals surface area contributed by atoms with Gasteiger partial charge in [-0.15, -0.1) is 0 Å². The fourth-order valence-corrected chi connectivity index (χ4v) is 24.3. The molecule has 30 nitrogen and oxygen atoms in total. The average molecular weight is 2060 g/mol. The maximum Gasteiger partial charge on any atom is 0.523 e. The van der Waals surface area contributed by atoms with Gasteiger partial charge in [0.25, 0.3) is 0 Å². The van der Waals surface area contributed by atoms with Gasteiger partial charge in [-0.05, 0) is 187 Å². The van der Waals surface area contributed by atoms with Gasteiger partial charge >= 0.3 is 50.6 Å². The quantitative estimate of drug-likeness (QED) is 0.0122. The minimum atomic E-state index is -5.87. The molecule has 0 saturated carbocycles.